The Bertz CT molecular complexity index is 1230. The highest BCUT2D eigenvalue weighted by Crippen LogP contribution is 2.30. The number of amidine groups is 1. The number of amides is 2. The third-order valence-corrected chi connectivity index (χ3v) is 5.69. The molecule has 0 saturated carbocycles. The van der Waals surface area contributed by atoms with E-state index in [-0.39, 0.29) is 23.1 Å². The van der Waals surface area contributed by atoms with E-state index in [2.05, 4.69) is 15.2 Å². The van der Waals surface area contributed by atoms with Gasteiger partial charge in [-0.25, -0.2) is 9.69 Å². The van der Waals surface area contributed by atoms with E-state index in [1.165, 1.54) is 24.3 Å². The molecule has 156 valence electrons. The van der Waals surface area contributed by atoms with Crippen LogP contribution in [0.15, 0.2) is 64.9 Å². The number of nitrogens with zero attached hydrogens (tertiary/aromatic N) is 3. The molecule has 31 heavy (non-hydrogen) atoms. The first-order valence-electron chi connectivity index (χ1n) is 9.23. The van der Waals surface area contributed by atoms with Gasteiger partial charge in [-0.2, -0.15) is 5.10 Å². The lowest BCUT2D eigenvalue weighted by atomic mass is 10.2. The van der Waals surface area contributed by atoms with Crippen LogP contribution in [0.3, 0.4) is 0 Å². The number of hydrogen-bond acceptors (Lipinski definition) is 6. The second-order valence-corrected chi connectivity index (χ2v) is 7.93. The van der Waals surface area contributed by atoms with Crippen LogP contribution in [-0.2, 0) is 9.59 Å². The second-order valence-electron chi connectivity index (χ2n) is 6.70. The normalized spacial score (nSPS) is 17.2. The van der Waals surface area contributed by atoms with Gasteiger partial charge in [-0.05, 0) is 30.3 Å². The Hall–Kier alpha value is -3.92. The first-order chi connectivity index (χ1) is 14.9. The van der Waals surface area contributed by atoms with E-state index in [1.807, 2.05) is 24.3 Å². The van der Waals surface area contributed by atoms with Gasteiger partial charge in [-0.3, -0.25) is 9.59 Å². The number of aromatic amines is 1. The quantitative estimate of drug-likeness (QED) is 0.243. The number of rotatable bonds is 5. The largest absolute Gasteiger partial charge is 0.478 e. The van der Waals surface area contributed by atoms with Crippen molar-refractivity contribution in [2.24, 2.45) is 15.9 Å². The number of para-hydroxylation sites is 1. The molecule has 9 nitrogen and oxygen atoms in total. The predicted molar refractivity (Wildman–Crippen MR) is 119 cm³/mol. The summed E-state index contributed by atoms with van der Waals surface area (Å²) in [7, 11) is 0. The summed E-state index contributed by atoms with van der Waals surface area (Å²) >= 11 is 0.966. The van der Waals surface area contributed by atoms with E-state index < -0.39 is 17.1 Å². The Morgan fingerprint density at radius 2 is 1.94 bits per heavy atom. The summed E-state index contributed by atoms with van der Waals surface area (Å²) < 4.78 is 0. The number of fused-ring (bicyclic) bond motifs is 1. The number of H-pyrrole nitrogens is 1. The molecular formula is C21H17N5O4S. The number of nitrogens with two attached hydrogens (primary N) is 1. The molecule has 0 spiro atoms. The topological polar surface area (TPSA) is 141 Å². The van der Waals surface area contributed by atoms with Gasteiger partial charge in [0.1, 0.15) is 5.25 Å². The number of imide groups is 1. The Kier molecular flexibility index (Phi) is 5.54. The molecule has 2 aromatic carbocycles. The van der Waals surface area contributed by atoms with Gasteiger partial charge >= 0.3 is 5.97 Å². The highest BCUT2D eigenvalue weighted by atomic mass is 32.2. The van der Waals surface area contributed by atoms with Crippen LogP contribution in [0.5, 0.6) is 0 Å². The van der Waals surface area contributed by atoms with Gasteiger partial charge in [0.15, 0.2) is 5.17 Å². The Morgan fingerprint density at radius 3 is 2.68 bits per heavy atom. The fourth-order valence-corrected chi connectivity index (χ4v) is 4.06. The third-order valence-electron chi connectivity index (χ3n) is 4.72. The van der Waals surface area contributed by atoms with E-state index in [0.717, 1.165) is 33.1 Å². The van der Waals surface area contributed by atoms with Crippen LogP contribution >= 0.6 is 11.8 Å². The maximum atomic E-state index is 12.7. The zero-order valence-corrected chi connectivity index (χ0v) is 16.9. The van der Waals surface area contributed by atoms with Crippen LogP contribution < -0.4 is 10.6 Å². The number of anilines is 1. The first kappa shape index (κ1) is 20.4. The number of aromatic carboxylic acids is 1. The van der Waals surface area contributed by atoms with E-state index in [0.29, 0.717) is 5.69 Å². The molecule has 1 atom stereocenters. The zero-order chi connectivity index (χ0) is 22.0. The lowest BCUT2D eigenvalue weighted by Gasteiger charge is -2.14. The maximum absolute atomic E-state index is 12.7. The van der Waals surface area contributed by atoms with E-state index >= 15 is 0 Å². The van der Waals surface area contributed by atoms with Crippen molar-refractivity contribution in [2.75, 3.05) is 4.90 Å². The molecule has 0 unspecified atom stereocenters. The molecule has 1 aliphatic heterocycles. The average molecular weight is 435 g/mol. The van der Waals surface area contributed by atoms with Gasteiger partial charge in [0.25, 0.3) is 0 Å². The van der Waals surface area contributed by atoms with Crippen molar-refractivity contribution in [1.82, 2.24) is 4.98 Å². The van der Waals surface area contributed by atoms with Crippen LogP contribution in [0.4, 0.5) is 5.69 Å². The summed E-state index contributed by atoms with van der Waals surface area (Å²) in [6, 6.07) is 13.3. The van der Waals surface area contributed by atoms with Gasteiger partial charge in [-0.1, -0.05) is 30.0 Å². The Labute approximate surface area is 180 Å². The van der Waals surface area contributed by atoms with Crippen molar-refractivity contribution in [3.05, 3.63) is 65.9 Å². The minimum atomic E-state index is -1.09. The number of carboxylic acid groups (broad SMARTS) is 1. The number of carboxylic acids is 1. The van der Waals surface area contributed by atoms with Crippen molar-refractivity contribution in [3.8, 4) is 0 Å². The molecule has 1 aromatic heterocycles. The van der Waals surface area contributed by atoms with Gasteiger partial charge < -0.3 is 15.8 Å². The van der Waals surface area contributed by atoms with Crippen molar-refractivity contribution in [1.29, 1.82) is 0 Å². The lowest BCUT2D eigenvalue weighted by molar-refractivity contribution is -0.121. The summed E-state index contributed by atoms with van der Waals surface area (Å²) in [5, 5.41) is 17.2. The van der Waals surface area contributed by atoms with Gasteiger partial charge in [-0.15, -0.1) is 5.10 Å². The molecule has 1 fully saturated rings. The minimum absolute atomic E-state index is 0.0352. The number of benzene rings is 2. The van der Waals surface area contributed by atoms with Crippen LogP contribution in [0, 0.1) is 0 Å². The fourth-order valence-electron chi connectivity index (χ4n) is 3.24. The maximum Gasteiger partial charge on any atom is 0.335 e. The second kappa shape index (κ2) is 8.44. The van der Waals surface area contributed by atoms with E-state index in [9.17, 15) is 14.4 Å². The Balaban J connectivity index is 1.43. The number of carbonyl (C=O) groups is 3. The Morgan fingerprint density at radius 1 is 1.19 bits per heavy atom. The highest BCUT2D eigenvalue weighted by Gasteiger charge is 2.40. The molecule has 0 aliphatic carbocycles. The first-order valence-corrected chi connectivity index (χ1v) is 10.1. The van der Waals surface area contributed by atoms with Gasteiger partial charge in [0, 0.05) is 29.1 Å². The predicted octanol–water partition coefficient (Wildman–Crippen LogP) is 2.58. The van der Waals surface area contributed by atoms with Crippen molar-refractivity contribution >= 4 is 57.5 Å². The standard InChI is InChI=1S/C21H17N5O4S/c22-21(25-24-11-13-10-23-16-4-2-1-3-15(13)16)31-17-9-18(27)26(19(17)28)14-7-5-12(6-8-14)20(29)30/h1-8,10-11,17,23H,9H2,(H2,22,25)(H,29,30)/b24-11-/t17-/m1/s1. The van der Waals surface area contributed by atoms with Crippen molar-refractivity contribution in [2.45, 2.75) is 11.7 Å². The molecule has 3 aromatic rings. The summed E-state index contributed by atoms with van der Waals surface area (Å²) in [4.78, 5) is 40.2. The van der Waals surface area contributed by atoms with Crippen LogP contribution in [-0.4, -0.2) is 44.5 Å². The van der Waals surface area contributed by atoms with Gasteiger partial charge in [0.2, 0.25) is 11.8 Å². The van der Waals surface area contributed by atoms with E-state index in [4.69, 9.17) is 10.8 Å². The molecule has 1 saturated heterocycles. The molecule has 1 aliphatic rings. The SMILES string of the molecule is NC(=N/N=C\c1c[nH]c2ccccc12)S[C@@H]1CC(=O)N(c2ccc(C(=O)O)cc2)C1=O. The summed E-state index contributed by atoms with van der Waals surface area (Å²) in [5.74, 6) is -1.91. The van der Waals surface area contributed by atoms with Crippen LogP contribution in [0.25, 0.3) is 10.9 Å². The highest BCUT2D eigenvalue weighted by molar-refractivity contribution is 8.14. The monoisotopic (exact) mass is 435 g/mol. The van der Waals surface area contributed by atoms with Crippen LogP contribution in [0.2, 0.25) is 0 Å². The van der Waals surface area contributed by atoms with Gasteiger partial charge in [0.05, 0.1) is 17.5 Å². The smallest absolute Gasteiger partial charge is 0.335 e. The fraction of sp³-hybridized carbons (Fsp3) is 0.0952. The summed E-state index contributed by atoms with van der Waals surface area (Å²) in [6.45, 7) is 0. The number of carbonyl (C=O) groups excluding carboxylic acids is 2. The zero-order valence-electron chi connectivity index (χ0n) is 16.1. The average Bonchev–Trinajstić information content (AvgIpc) is 3.28. The van der Waals surface area contributed by atoms with E-state index in [1.54, 1.807) is 12.4 Å². The number of nitrogens with one attached hydrogen (secondary N) is 1. The molecule has 0 bridgehead atoms. The molecule has 2 amide bonds. The van der Waals surface area contributed by atoms with Crippen LogP contribution in [0.1, 0.15) is 22.3 Å². The molecule has 4 rings (SSSR count). The lowest BCUT2D eigenvalue weighted by Crippen LogP contribution is -2.31. The number of aromatic nitrogens is 1. The van der Waals surface area contributed by atoms with Crippen molar-refractivity contribution < 1.29 is 19.5 Å². The molecule has 4 N–H and O–H groups in total. The molecular weight excluding hydrogens is 418 g/mol. The molecule has 10 heteroatoms. The third kappa shape index (κ3) is 4.19. The summed E-state index contributed by atoms with van der Waals surface area (Å²) in [5.41, 5.74) is 8.10. The minimum Gasteiger partial charge on any atom is -0.478 e. The number of thioether (sulfide) groups is 1. The molecule has 0 radical (unpaired) electrons. The van der Waals surface area contributed by atoms with Crippen molar-refractivity contribution in [3.63, 3.8) is 0 Å². The summed E-state index contributed by atoms with van der Waals surface area (Å²) in [6.07, 6.45) is 3.33. The number of hydrogen-bond donors (Lipinski definition) is 3. The molecule has 2 heterocycles.